The lowest BCUT2D eigenvalue weighted by atomic mass is 9.90. The maximum absolute atomic E-state index is 12.0. The van der Waals surface area contributed by atoms with Crippen LogP contribution in [-0.2, 0) is 17.8 Å². The van der Waals surface area contributed by atoms with E-state index in [0.29, 0.717) is 12.5 Å². The molecule has 1 atom stereocenters. The minimum Gasteiger partial charge on any atom is -0.444 e. The second-order valence-corrected chi connectivity index (χ2v) is 8.56. The molecule has 1 unspecified atom stereocenters. The summed E-state index contributed by atoms with van der Waals surface area (Å²) in [5.74, 6) is 0.528. The van der Waals surface area contributed by atoms with Gasteiger partial charge in [0.15, 0.2) is 0 Å². The highest BCUT2D eigenvalue weighted by Gasteiger charge is 2.27. The third kappa shape index (κ3) is 8.43. The van der Waals surface area contributed by atoms with Crippen LogP contribution >= 0.6 is 0 Å². The number of nitrogens with one attached hydrogen (secondary N) is 2. The van der Waals surface area contributed by atoms with Crippen LogP contribution < -0.4 is 10.6 Å². The van der Waals surface area contributed by atoms with Gasteiger partial charge in [-0.1, -0.05) is 20.8 Å². The summed E-state index contributed by atoms with van der Waals surface area (Å²) in [5.41, 5.74) is 0.605. The van der Waals surface area contributed by atoms with Gasteiger partial charge in [-0.25, -0.2) is 4.79 Å². The van der Waals surface area contributed by atoms with Crippen LogP contribution in [0.25, 0.3) is 0 Å². The molecule has 0 bridgehead atoms. The minimum absolute atomic E-state index is 0.188. The van der Waals surface area contributed by atoms with Crippen molar-refractivity contribution in [2.45, 2.75) is 85.5 Å². The number of carbonyl (C=O) groups is 1. The lowest BCUT2D eigenvalue weighted by Crippen LogP contribution is -2.52. The Labute approximate surface area is 153 Å². The molecule has 1 amide bonds. The molecule has 0 saturated heterocycles. The molecule has 1 heterocycles. The van der Waals surface area contributed by atoms with Crippen molar-refractivity contribution in [2.75, 3.05) is 6.54 Å². The first-order chi connectivity index (χ1) is 11.5. The van der Waals surface area contributed by atoms with Crippen molar-refractivity contribution in [2.24, 2.45) is 5.92 Å². The van der Waals surface area contributed by atoms with E-state index in [4.69, 9.17) is 4.74 Å². The number of hydrogen-bond acceptors (Lipinski definition) is 3. The maximum Gasteiger partial charge on any atom is 0.407 e. The average Bonchev–Trinajstić information content (AvgIpc) is 2.89. The van der Waals surface area contributed by atoms with Gasteiger partial charge < -0.3 is 19.9 Å². The van der Waals surface area contributed by atoms with E-state index in [0.717, 1.165) is 25.9 Å². The zero-order valence-electron chi connectivity index (χ0n) is 17.1. The van der Waals surface area contributed by atoms with Crippen molar-refractivity contribution in [1.29, 1.82) is 0 Å². The highest BCUT2D eigenvalue weighted by molar-refractivity contribution is 5.67. The van der Waals surface area contributed by atoms with Crippen molar-refractivity contribution >= 4 is 6.09 Å². The predicted octanol–water partition coefficient (Wildman–Crippen LogP) is 4.32. The summed E-state index contributed by atoms with van der Waals surface area (Å²) in [6, 6.07) is 4.24. The third-order valence-corrected chi connectivity index (χ3v) is 3.96. The van der Waals surface area contributed by atoms with Crippen molar-refractivity contribution in [3.8, 4) is 0 Å². The van der Waals surface area contributed by atoms with Gasteiger partial charge in [-0.15, -0.1) is 0 Å². The number of ether oxygens (including phenoxy) is 1. The van der Waals surface area contributed by atoms with E-state index in [9.17, 15) is 4.79 Å². The number of rotatable bonds is 9. The molecular weight excluding hydrogens is 314 g/mol. The molecule has 0 saturated carbocycles. The summed E-state index contributed by atoms with van der Waals surface area (Å²) in [7, 11) is 0. The average molecular weight is 352 g/mol. The molecule has 0 spiro atoms. The Kier molecular flexibility index (Phi) is 8.00. The number of carbonyl (C=O) groups excluding carboxylic acids is 1. The molecule has 5 heteroatoms. The summed E-state index contributed by atoms with van der Waals surface area (Å²) < 4.78 is 7.64. The Balaban J connectivity index is 2.67. The first-order valence-corrected chi connectivity index (χ1v) is 9.40. The summed E-state index contributed by atoms with van der Waals surface area (Å²) >= 11 is 0. The number of aryl methyl sites for hydroxylation is 1. The molecule has 1 aromatic rings. The summed E-state index contributed by atoms with van der Waals surface area (Å²) in [5, 5.41) is 6.58. The Bertz CT molecular complexity index is 531. The van der Waals surface area contributed by atoms with Crippen molar-refractivity contribution in [3.05, 3.63) is 24.0 Å². The van der Waals surface area contributed by atoms with Crippen LogP contribution in [0.2, 0.25) is 0 Å². The zero-order valence-corrected chi connectivity index (χ0v) is 17.1. The number of hydrogen-bond donors (Lipinski definition) is 2. The number of alkyl carbamates (subject to hydrolysis) is 1. The van der Waals surface area contributed by atoms with E-state index >= 15 is 0 Å². The van der Waals surface area contributed by atoms with Gasteiger partial charge in [0, 0.05) is 37.1 Å². The fourth-order valence-electron chi connectivity index (χ4n) is 3.06. The molecule has 0 aliphatic carbocycles. The second-order valence-electron chi connectivity index (χ2n) is 8.56. The fourth-order valence-corrected chi connectivity index (χ4v) is 3.06. The van der Waals surface area contributed by atoms with Crippen molar-refractivity contribution < 1.29 is 9.53 Å². The molecule has 25 heavy (non-hydrogen) atoms. The monoisotopic (exact) mass is 351 g/mol. The summed E-state index contributed by atoms with van der Waals surface area (Å²) in [6.07, 6.45) is 3.85. The first kappa shape index (κ1) is 21.6. The molecule has 5 nitrogen and oxygen atoms in total. The van der Waals surface area contributed by atoms with Crippen LogP contribution in [0.15, 0.2) is 18.3 Å². The van der Waals surface area contributed by atoms with Gasteiger partial charge >= 0.3 is 6.09 Å². The molecule has 1 aromatic heterocycles. The number of aromatic nitrogens is 1. The third-order valence-electron chi connectivity index (χ3n) is 3.96. The van der Waals surface area contributed by atoms with E-state index in [-0.39, 0.29) is 11.6 Å². The van der Waals surface area contributed by atoms with Crippen LogP contribution in [-0.4, -0.2) is 28.3 Å². The minimum atomic E-state index is -0.479. The van der Waals surface area contributed by atoms with E-state index in [2.05, 4.69) is 61.2 Å². The van der Waals surface area contributed by atoms with Crippen LogP contribution in [0.3, 0.4) is 0 Å². The summed E-state index contributed by atoms with van der Waals surface area (Å²) in [6.45, 7) is 16.7. The summed E-state index contributed by atoms with van der Waals surface area (Å²) in [4.78, 5) is 12.0. The van der Waals surface area contributed by atoms with Gasteiger partial charge in [0.1, 0.15) is 5.60 Å². The van der Waals surface area contributed by atoms with E-state index in [1.807, 2.05) is 20.8 Å². The number of nitrogens with zero attached hydrogens (tertiary/aromatic N) is 1. The van der Waals surface area contributed by atoms with Crippen LogP contribution in [0.1, 0.15) is 67.0 Å². The predicted molar refractivity (Wildman–Crippen MR) is 104 cm³/mol. The fraction of sp³-hybridized carbons (Fsp3) is 0.750. The van der Waals surface area contributed by atoms with Crippen molar-refractivity contribution in [3.63, 3.8) is 0 Å². The normalized spacial score (nSPS) is 14.4. The smallest absolute Gasteiger partial charge is 0.407 e. The van der Waals surface area contributed by atoms with Crippen LogP contribution in [0.5, 0.6) is 0 Å². The molecule has 0 radical (unpaired) electrons. The SMILES string of the molecule is CCCn1cccc1CNC(C)(CNC(=O)OC(C)(C)C)CC(C)C. The van der Waals surface area contributed by atoms with E-state index in [1.165, 1.54) is 5.69 Å². The molecule has 0 aliphatic rings. The molecule has 144 valence electrons. The quantitative estimate of drug-likeness (QED) is 0.697. The van der Waals surface area contributed by atoms with E-state index in [1.54, 1.807) is 0 Å². The molecule has 0 aliphatic heterocycles. The van der Waals surface area contributed by atoms with Crippen molar-refractivity contribution in [1.82, 2.24) is 15.2 Å². The second kappa shape index (κ2) is 9.27. The standard InChI is InChI=1S/C20H37N3O2/c1-8-11-23-12-9-10-17(23)14-22-20(7,13-16(2)3)15-21-18(24)25-19(4,5)6/h9-10,12,16,22H,8,11,13-15H2,1-7H3,(H,21,24). The zero-order chi connectivity index (χ0) is 19.1. The Morgan fingerprint density at radius 1 is 1.28 bits per heavy atom. The number of amides is 1. The first-order valence-electron chi connectivity index (χ1n) is 9.40. The largest absolute Gasteiger partial charge is 0.444 e. The highest BCUT2D eigenvalue weighted by atomic mass is 16.6. The Hall–Kier alpha value is -1.49. The van der Waals surface area contributed by atoms with Gasteiger partial charge in [0.25, 0.3) is 0 Å². The Morgan fingerprint density at radius 3 is 2.52 bits per heavy atom. The lowest BCUT2D eigenvalue weighted by Gasteiger charge is -2.33. The van der Waals surface area contributed by atoms with Gasteiger partial charge in [0.05, 0.1) is 0 Å². The molecule has 0 fully saturated rings. The Morgan fingerprint density at radius 2 is 1.96 bits per heavy atom. The molecule has 1 rings (SSSR count). The maximum atomic E-state index is 12.0. The van der Waals surface area contributed by atoms with Gasteiger partial charge in [0.2, 0.25) is 0 Å². The van der Waals surface area contributed by atoms with Gasteiger partial charge in [-0.05, 0) is 58.6 Å². The topological polar surface area (TPSA) is 55.3 Å². The molecule has 2 N–H and O–H groups in total. The van der Waals surface area contributed by atoms with Gasteiger partial charge in [-0.2, -0.15) is 0 Å². The van der Waals surface area contributed by atoms with Gasteiger partial charge in [-0.3, -0.25) is 0 Å². The molecule has 0 aromatic carbocycles. The van der Waals surface area contributed by atoms with E-state index < -0.39 is 5.60 Å². The molecular formula is C20H37N3O2. The highest BCUT2D eigenvalue weighted by Crippen LogP contribution is 2.18. The van der Waals surface area contributed by atoms with Crippen LogP contribution in [0.4, 0.5) is 4.79 Å². The van der Waals surface area contributed by atoms with Crippen LogP contribution in [0, 0.1) is 5.92 Å². The lowest BCUT2D eigenvalue weighted by molar-refractivity contribution is 0.0507.